The molecule has 4 N–H and O–H groups in total. The number of likely N-dealkylation sites (N-methyl/N-ethyl adjacent to an activating group) is 1. The second kappa shape index (κ2) is 18.2. The van der Waals surface area contributed by atoms with Gasteiger partial charge in [0, 0.05) is 20.0 Å². The Kier molecular flexibility index (Phi) is 19.0. The molecule has 0 aromatic carbocycles. The lowest BCUT2D eigenvalue weighted by atomic mass is 10.1. The van der Waals surface area contributed by atoms with E-state index in [1.165, 1.54) is 56.8 Å². The molecule has 0 saturated heterocycles. The van der Waals surface area contributed by atoms with Crippen LogP contribution in [0.3, 0.4) is 0 Å². The number of hydrogen-bond acceptors (Lipinski definition) is 4. The summed E-state index contributed by atoms with van der Waals surface area (Å²) < 4.78 is 0. The molecule has 0 bridgehead atoms. The van der Waals surface area contributed by atoms with Crippen molar-refractivity contribution in [3.63, 3.8) is 0 Å². The van der Waals surface area contributed by atoms with Crippen LogP contribution in [0, 0.1) is 0 Å². The molecular formula is C18H38N2O4. The summed E-state index contributed by atoms with van der Waals surface area (Å²) in [6.45, 7) is 4.23. The molecule has 1 atom stereocenters. The summed E-state index contributed by atoms with van der Waals surface area (Å²) in [5, 5.41) is 16.6. The predicted octanol–water partition coefficient (Wildman–Crippen LogP) is 2.78. The normalized spacial score (nSPS) is 11.4. The van der Waals surface area contributed by atoms with Crippen molar-refractivity contribution in [2.24, 2.45) is 5.73 Å². The van der Waals surface area contributed by atoms with Gasteiger partial charge in [-0.05, 0) is 13.3 Å². The van der Waals surface area contributed by atoms with E-state index in [9.17, 15) is 9.59 Å². The summed E-state index contributed by atoms with van der Waals surface area (Å²) in [6.07, 6.45) is 11.4. The molecule has 0 aromatic rings. The Balaban J connectivity index is 0. The fourth-order valence-corrected chi connectivity index (χ4v) is 2.14. The van der Waals surface area contributed by atoms with Crippen LogP contribution in [0.25, 0.3) is 0 Å². The van der Waals surface area contributed by atoms with Crippen molar-refractivity contribution < 1.29 is 19.8 Å². The molecule has 0 rings (SSSR count). The lowest BCUT2D eigenvalue weighted by Crippen LogP contribution is -2.40. The summed E-state index contributed by atoms with van der Waals surface area (Å²) >= 11 is 0. The fourth-order valence-electron chi connectivity index (χ4n) is 2.14. The number of carbonyl (C=O) groups excluding carboxylic acids is 1. The smallest absolute Gasteiger partial charge is 0.326 e. The maximum Gasteiger partial charge on any atom is 0.326 e. The number of aliphatic hydroxyl groups excluding tert-OH is 1. The minimum atomic E-state index is -0.951. The van der Waals surface area contributed by atoms with Crippen molar-refractivity contribution in [2.45, 2.75) is 84.1 Å². The average molecular weight is 347 g/mol. The van der Waals surface area contributed by atoms with Gasteiger partial charge in [-0.2, -0.15) is 0 Å². The second-order valence-corrected chi connectivity index (χ2v) is 6.11. The molecule has 0 saturated carbocycles. The summed E-state index contributed by atoms with van der Waals surface area (Å²) in [5.74, 6) is -1.02. The maximum atomic E-state index is 11.8. The molecule has 144 valence electrons. The Morgan fingerprint density at radius 1 is 1.00 bits per heavy atom. The SMILES string of the molecule is CCCCCCCCCCCC(=O)N(C)C(C)C(=O)O.NCCO. The zero-order valence-corrected chi connectivity index (χ0v) is 15.8. The number of carbonyl (C=O) groups is 2. The van der Waals surface area contributed by atoms with E-state index in [1.54, 1.807) is 7.05 Å². The number of aliphatic carboxylic acids is 1. The Morgan fingerprint density at radius 3 is 1.79 bits per heavy atom. The Morgan fingerprint density at radius 2 is 1.42 bits per heavy atom. The molecule has 6 nitrogen and oxygen atoms in total. The number of nitrogens with two attached hydrogens (primary N) is 1. The molecule has 24 heavy (non-hydrogen) atoms. The van der Waals surface area contributed by atoms with Crippen LogP contribution in [0.15, 0.2) is 0 Å². The van der Waals surface area contributed by atoms with Crippen molar-refractivity contribution in [3.05, 3.63) is 0 Å². The number of unbranched alkanes of at least 4 members (excludes halogenated alkanes) is 8. The average Bonchev–Trinajstić information content (AvgIpc) is 2.58. The molecule has 0 spiro atoms. The highest BCUT2D eigenvalue weighted by molar-refractivity contribution is 5.83. The summed E-state index contributed by atoms with van der Waals surface area (Å²) in [4.78, 5) is 23.9. The van der Waals surface area contributed by atoms with E-state index in [1.807, 2.05) is 0 Å². The van der Waals surface area contributed by atoms with Crippen LogP contribution < -0.4 is 5.73 Å². The van der Waals surface area contributed by atoms with E-state index in [0.29, 0.717) is 13.0 Å². The third kappa shape index (κ3) is 15.7. The molecule has 0 aliphatic heterocycles. The van der Waals surface area contributed by atoms with Crippen LogP contribution in [-0.4, -0.2) is 53.2 Å². The van der Waals surface area contributed by atoms with E-state index in [0.717, 1.165) is 12.8 Å². The Bertz CT molecular complexity index is 309. The van der Waals surface area contributed by atoms with Crippen LogP contribution >= 0.6 is 0 Å². The molecule has 1 amide bonds. The molecule has 1 unspecified atom stereocenters. The highest BCUT2D eigenvalue weighted by Crippen LogP contribution is 2.11. The van der Waals surface area contributed by atoms with Gasteiger partial charge in [0.1, 0.15) is 6.04 Å². The molecule has 0 aliphatic rings. The monoisotopic (exact) mass is 346 g/mol. The number of aliphatic hydroxyl groups is 1. The van der Waals surface area contributed by atoms with E-state index in [-0.39, 0.29) is 12.5 Å². The minimum Gasteiger partial charge on any atom is -0.480 e. The first-order valence-electron chi connectivity index (χ1n) is 9.21. The number of carboxylic acid groups (broad SMARTS) is 1. The first kappa shape index (κ1) is 25.1. The largest absolute Gasteiger partial charge is 0.480 e. The third-order valence-corrected chi connectivity index (χ3v) is 3.96. The topological polar surface area (TPSA) is 104 Å². The lowest BCUT2D eigenvalue weighted by molar-refractivity contribution is -0.148. The number of amides is 1. The zero-order chi connectivity index (χ0) is 18.8. The molecule has 0 fully saturated rings. The van der Waals surface area contributed by atoms with Crippen LogP contribution in [0.4, 0.5) is 0 Å². The molecule has 0 aromatic heterocycles. The molecule has 0 heterocycles. The number of hydrogen-bond donors (Lipinski definition) is 3. The summed E-state index contributed by atoms with van der Waals surface area (Å²) in [5.41, 5.74) is 4.78. The van der Waals surface area contributed by atoms with E-state index in [2.05, 4.69) is 6.92 Å². The maximum absolute atomic E-state index is 11.8. The first-order valence-corrected chi connectivity index (χ1v) is 9.21. The third-order valence-electron chi connectivity index (χ3n) is 3.96. The molecule has 6 heteroatoms. The summed E-state index contributed by atoms with van der Waals surface area (Å²) in [6, 6.07) is -0.735. The van der Waals surface area contributed by atoms with Gasteiger partial charge in [-0.15, -0.1) is 0 Å². The molecule has 0 radical (unpaired) electrons. The van der Waals surface area contributed by atoms with Crippen LogP contribution in [-0.2, 0) is 9.59 Å². The van der Waals surface area contributed by atoms with Gasteiger partial charge in [0.05, 0.1) is 6.61 Å². The minimum absolute atomic E-state index is 0.0668. The van der Waals surface area contributed by atoms with Gasteiger partial charge in [-0.1, -0.05) is 58.3 Å². The van der Waals surface area contributed by atoms with E-state index in [4.69, 9.17) is 15.9 Å². The Labute approximate surface area is 147 Å². The van der Waals surface area contributed by atoms with Gasteiger partial charge >= 0.3 is 5.97 Å². The summed E-state index contributed by atoms with van der Waals surface area (Å²) in [7, 11) is 1.56. The van der Waals surface area contributed by atoms with Crippen molar-refractivity contribution in [2.75, 3.05) is 20.2 Å². The van der Waals surface area contributed by atoms with Gasteiger partial charge < -0.3 is 20.8 Å². The van der Waals surface area contributed by atoms with Crippen molar-refractivity contribution in [1.29, 1.82) is 0 Å². The highest BCUT2D eigenvalue weighted by Gasteiger charge is 2.20. The number of rotatable bonds is 13. The lowest BCUT2D eigenvalue weighted by Gasteiger charge is -2.21. The van der Waals surface area contributed by atoms with Crippen molar-refractivity contribution in [1.82, 2.24) is 4.90 Å². The second-order valence-electron chi connectivity index (χ2n) is 6.11. The van der Waals surface area contributed by atoms with E-state index >= 15 is 0 Å². The van der Waals surface area contributed by atoms with Crippen LogP contribution in [0.5, 0.6) is 0 Å². The van der Waals surface area contributed by atoms with Gasteiger partial charge in [-0.3, -0.25) is 4.79 Å². The quantitative estimate of drug-likeness (QED) is 0.445. The fraction of sp³-hybridized carbons (Fsp3) is 0.889. The molecule has 0 aliphatic carbocycles. The van der Waals surface area contributed by atoms with Crippen molar-refractivity contribution >= 4 is 11.9 Å². The zero-order valence-electron chi connectivity index (χ0n) is 15.8. The first-order chi connectivity index (χ1) is 11.4. The van der Waals surface area contributed by atoms with Crippen LogP contribution in [0.1, 0.15) is 78.1 Å². The molecular weight excluding hydrogens is 308 g/mol. The van der Waals surface area contributed by atoms with Gasteiger partial charge in [0.25, 0.3) is 0 Å². The van der Waals surface area contributed by atoms with Gasteiger partial charge in [0.15, 0.2) is 0 Å². The number of nitrogens with zero attached hydrogens (tertiary/aromatic N) is 1. The Hall–Kier alpha value is -1.14. The predicted molar refractivity (Wildman–Crippen MR) is 97.9 cm³/mol. The van der Waals surface area contributed by atoms with Gasteiger partial charge in [0.2, 0.25) is 5.91 Å². The highest BCUT2D eigenvalue weighted by atomic mass is 16.4. The van der Waals surface area contributed by atoms with E-state index < -0.39 is 12.0 Å². The number of carboxylic acids is 1. The van der Waals surface area contributed by atoms with Gasteiger partial charge in [-0.25, -0.2) is 4.79 Å². The van der Waals surface area contributed by atoms with Crippen molar-refractivity contribution in [3.8, 4) is 0 Å². The van der Waals surface area contributed by atoms with Crippen LogP contribution in [0.2, 0.25) is 0 Å². The standard InChI is InChI=1S/C16H31NO3.C2H7NO/c1-4-5-6-7-8-9-10-11-12-13-15(18)17(3)14(2)16(19)20;3-1-2-4/h14H,4-13H2,1-3H3,(H,19,20);4H,1-3H2.